The minimum Gasteiger partial charge on any atom is -0.444 e. The van der Waals surface area contributed by atoms with Crippen molar-refractivity contribution in [3.63, 3.8) is 0 Å². The minimum absolute atomic E-state index is 0.0383. The summed E-state index contributed by atoms with van der Waals surface area (Å²) in [6.07, 6.45) is -0.250. The van der Waals surface area contributed by atoms with Crippen molar-refractivity contribution in [3.05, 3.63) is 0 Å². The van der Waals surface area contributed by atoms with Crippen LogP contribution in [0, 0.1) is 0 Å². The van der Waals surface area contributed by atoms with E-state index in [1.54, 1.807) is 20.8 Å². The number of nitrogens with zero attached hydrogens (tertiary/aromatic N) is 1. The molecule has 0 aromatic heterocycles. The van der Waals surface area contributed by atoms with Gasteiger partial charge in [-0.3, -0.25) is 4.90 Å². The van der Waals surface area contributed by atoms with Crippen molar-refractivity contribution in [3.8, 4) is 0 Å². The molecule has 1 aliphatic rings. The normalized spacial score (nSPS) is 23.5. The van der Waals surface area contributed by atoms with Crippen LogP contribution in [0.1, 0.15) is 33.6 Å². The molecule has 1 heterocycles. The summed E-state index contributed by atoms with van der Waals surface area (Å²) in [7, 11) is 0. The summed E-state index contributed by atoms with van der Waals surface area (Å²) in [6, 6.07) is -0.323. The van der Waals surface area contributed by atoms with Crippen LogP contribution in [0.2, 0.25) is 0 Å². The van der Waals surface area contributed by atoms with Gasteiger partial charge in [-0.15, -0.1) is 0 Å². The Morgan fingerprint density at radius 1 is 1.47 bits per heavy atom. The number of alkyl halides is 1. The van der Waals surface area contributed by atoms with Gasteiger partial charge in [0.25, 0.3) is 0 Å². The molecule has 0 aromatic carbocycles. The summed E-state index contributed by atoms with van der Waals surface area (Å²) in [5.74, 6) is 0. The van der Waals surface area contributed by atoms with Gasteiger partial charge in [0.2, 0.25) is 0 Å². The molecular formula is C13H22FNO4. The van der Waals surface area contributed by atoms with Crippen LogP contribution in [0.25, 0.3) is 0 Å². The number of aldehydes is 1. The lowest BCUT2D eigenvalue weighted by Crippen LogP contribution is -2.42. The largest absolute Gasteiger partial charge is 0.444 e. The van der Waals surface area contributed by atoms with Crippen LogP contribution >= 0.6 is 0 Å². The van der Waals surface area contributed by atoms with Crippen LogP contribution in [0.5, 0.6) is 0 Å². The molecule has 19 heavy (non-hydrogen) atoms. The average Bonchev–Trinajstić information content (AvgIpc) is 2.64. The van der Waals surface area contributed by atoms with Crippen LogP contribution in [0.15, 0.2) is 0 Å². The molecule has 0 aromatic rings. The highest BCUT2D eigenvalue weighted by Crippen LogP contribution is 2.23. The molecule has 0 unspecified atom stereocenters. The second-order valence-electron chi connectivity index (χ2n) is 5.65. The predicted octanol–water partition coefficient (Wildman–Crippen LogP) is 1.94. The first kappa shape index (κ1) is 15.9. The van der Waals surface area contributed by atoms with Gasteiger partial charge in [0.15, 0.2) is 0 Å². The standard InChI is InChI=1S/C13H22FNO4/c1-13(2,3)19-12(17)15-8-10(14)7-11(15)9-18-6-4-5-16/h5,10-11H,4,6-9H2,1-3H3/t10-,11-/m0/s1. The van der Waals surface area contributed by atoms with Crippen LogP contribution in [0.3, 0.4) is 0 Å². The molecule has 0 N–H and O–H groups in total. The molecule has 0 saturated carbocycles. The molecule has 5 nitrogen and oxygen atoms in total. The number of carbonyl (C=O) groups is 2. The summed E-state index contributed by atoms with van der Waals surface area (Å²) in [5, 5.41) is 0. The molecule has 1 amide bonds. The molecule has 1 fully saturated rings. The molecule has 0 radical (unpaired) electrons. The van der Waals surface area contributed by atoms with Crippen LogP contribution in [0.4, 0.5) is 9.18 Å². The van der Waals surface area contributed by atoms with E-state index in [0.29, 0.717) is 13.0 Å². The fraction of sp³-hybridized carbons (Fsp3) is 0.846. The Labute approximate surface area is 113 Å². The maximum absolute atomic E-state index is 13.4. The van der Waals surface area contributed by atoms with Gasteiger partial charge in [0.05, 0.1) is 25.8 Å². The van der Waals surface area contributed by atoms with Crippen molar-refractivity contribution in [2.45, 2.75) is 51.4 Å². The maximum Gasteiger partial charge on any atom is 0.410 e. The molecule has 1 rings (SSSR count). The van der Waals surface area contributed by atoms with Crippen LogP contribution < -0.4 is 0 Å². The van der Waals surface area contributed by atoms with Gasteiger partial charge in [-0.05, 0) is 20.8 Å². The van der Waals surface area contributed by atoms with E-state index in [-0.39, 0.29) is 25.6 Å². The van der Waals surface area contributed by atoms with Gasteiger partial charge in [-0.25, -0.2) is 9.18 Å². The number of hydrogen-bond acceptors (Lipinski definition) is 4. The van der Waals surface area contributed by atoms with Gasteiger partial charge in [0.1, 0.15) is 18.1 Å². The predicted molar refractivity (Wildman–Crippen MR) is 67.7 cm³/mol. The molecule has 0 aliphatic carbocycles. The number of amides is 1. The second kappa shape index (κ2) is 6.84. The van der Waals surface area contributed by atoms with Gasteiger partial charge in [-0.1, -0.05) is 0 Å². The van der Waals surface area contributed by atoms with Gasteiger partial charge < -0.3 is 14.3 Å². The molecule has 1 saturated heterocycles. The van der Waals surface area contributed by atoms with Gasteiger partial charge in [-0.2, -0.15) is 0 Å². The SMILES string of the molecule is CC(C)(C)OC(=O)N1C[C@@H](F)C[C@H]1COCCC=O. The van der Waals surface area contributed by atoms with E-state index in [9.17, 15) is 14.0 Å². The lowest BCUT2D eigenvalue weighted by atomic mass is 10.2. The van der Waals surface area contributed by atoms with E-state index in [1.807, 2.05) is 0 Å². The van der Waals surface area contributed by atoms with Crippen molar-refractivity contribution in [1.29, 1.82) is 0 Å². The topological polar surface area (TPSA) is 55.8 Å². The number of carbonyl (C=O) groups excluding carboxylic acids is 2. The van der Waals surface area contributed by atoms with E-state index in [1.165, 1.54) is 4.90 Å². The molecule has 6 heteroatoms. The molecule has 110 valence electrons. The molecule has 0 bridgehead atoms. The third kappa shape index (κ3) is 5.55. The second-order valence-corrected chi connectivity index (χ2v) is 5.65. The van der Waals surface area contributed by atoms with E-state index in [2.05, 4.69) is 0 Å². The Morgan fingerprint density at radius 2 is 2.16 bits per heavy atom. The zero-order valence-corrected chi connectivity index (χ0v) is 11.7. The zero-order chi connectivity index (χ0) is 14.5. The van der Waals surface area contributed by atoms with Crippen molar-refractivity contribution in [1.82, 2.24) is 4.90 Å². The average molecular weight is 275 g/mol. The fourth-order valence-corrected chi connectivity index (χ4v) is 1.91. The summed E-state index contributed by atoms with van der Waals surface area (Å²) in [4.78, 5) is 23.5. The van der Waals surface area contributed by atoms with Crippen LogP contribution in [-0.4, -0.2) is 54.9 Å². The van der Waals surface area contributed by atoms with Gasteiger partial charge in [0, 0.05) is 12.8 Å². The highest BCUT2D eigenvalue weighted by atomic mass is 19.1. The number of rotatable bonds is 5. The first-order valence-electron chi connectivity index (χ1n) is 6.48. The summed E-state index contributed by atoms with van der Waals surface area (Å²) in [5.41, 5.74) is -0.603. The van der Waals surface area contributed by atoms with E-state index < -0.39 is 17.9 Å². The van der Waals surface area contributed by atoms with Crippen molar-refractivity contribution in [2.75, 3.05) is 19.8 Å². The molecular weight excluding hydrogens is 253 g/mol. The number of hydrogen-bond donors (Lipinski definition) is 0. The Bertz CT molecular complexity index is 316. The summed E-state index contributed by atoms with van der Waals surface area (Å²) >= 11 is 0. The van der Waals surface area contributed by atoms with Gasteiger partial charge >= 0.3 is 6.09 Å². The van der Waals surface area contributed by atoms with Crippen LogP contribution in [-0.2, 0) is 14.3 Å². The maximum atomic E-state index is 13.4. The van der Waals surface area contributed by atoms with Crippen molar-refractivity contribution >= 4 is 12.4 Å². The number of likely N-dealkylation sites (tertiary alicyclic amines) is 1. The van der Waals surface area contributed by atoms with Crippen molar-refractivity contribution < 1.29 is 23.5 Å². The zero-order valence-electron chi connectivity index (χ0n) is 11.7. The Hall–Kier alpha value is -1.17. The first-order chi connectivity index (χ1) is 8.83. The minimum atomic E-state index is -1.05. The Balaban J connectivity index is 2.49. The van der Waals surface area contributed by atoms with E-state index in [0.717, 1.165) is 6.29 Å². The molecule has 1 aliphatic heterocycles. The quantitative estimate of drug-likeness (QED) is 0.568. The lowest BCUT2D eigenvalue weighted by molar-refractivity contribution is -0.108. The lowest BCUT2D eigenvalue weighted by Gasteiger charge is -2.28. The summed E-state index contributed by atoms with van der Waals surface area (Å²) in [6.45, 7) is 5.86. The third-order valence-electron chi connectivity index (χ3n) is 2.68. The molecule has 2 atom stereocenters. The highest BCUT2D eigenvalue weighted by Gasteiger charge is 2.37. The smallest absolute Gasteiger partial charge is 0.410 e. The van der Waals surface area contributed by atoms with E-state index >= 15 is 0 Å². The monoisotopic (exact) mass is 275 g/mol. The third-order valence-corrected chi connectivity index (χ3v) is 2.68. The summed E-state index contributed by atoms with van der Waals surface area (Å²) < 4.78 is 23.9. The number of halogens is 1. The first-order valence-corrected chi connectivity index (χ1v) is 6.48. The van der Waals surface area contributed by atoms with Crippen molar-refractivity contribution in [2.24, 2.45) is 0 Å². The highest BCUT2D eigenvalue weighted by molar-refractivity contribution is 5.69. The van der Waals surface area contributed by atoms with E-state index in [4.69, 9.17) is 9.47 Å². The fourth-order valence-electron chi connectivity index (χ4n) is 1.91. The number of ether oxygens (including phenoxy) is 2. The Morgan fingerprint density at radius 3 is 2.74 bits per heavy atom. The molecule has 0 spiro atoms. The Kier molecular flexibility index (Phi) is 5.72.